The van der Waals surface area contributed by atoms with Gasteiger partial charge in [0.25, 0.3) is 0 Å². The van der Waals surface area contributed by atoms with Gasteiger partial charge in [-0.3, -0.25) is 0 Å². The quantitative estimate of drug-likeness (QED) is 0.430. The smallest absolute Gasteiger partial charge is 0.309 e. The SMILES string of the molecule is CCOP(=S)(OCC)OCCCN(CC)CC. The molecule has 0 saturated carbocycles. The average Bonchev–Trinajstić information content (AvgIpc) is 2.30. The van der Waals surface area contributed by atoms with Crippen molar-refractivity contribution < 1.29 is 13.6 Å². The van der Waals surface area contributed by atoms with Crippen LogP contribution in [-0.4, -0.2) is 44.4 Å². The van der Waals surface area contributed by atoms with Gasteiger partial charge in [0.05, 0.1) is 19.8 Å². The van der Waals surface area contributed by atoms with Crippen LogP contribution in [0.15, 0.2) is 0 Å². The zero-order chi connectivity index (χ0) is 13.1. The molecule has 0 aromatic carbocycles. The molecule has 0 bridgehead atoms. The summed E-state index contributed by atoms with van der Waals surface area (Å²) >= 11 is 5.27. The second-order valence-corrected chi connectivity index (χ2v) is 6.51. The number of hydrogen-bond donors (Lipinski definition) is 0. The van der Waals surface area contributed by atoms with Crippen molar-refractivity contribution >= 4 is 18.5 Å². The molecule has 0 heterocycles. The third-order valence-electron chi connectivity index (χ3n) is 2.34. The fourth-order valence-electron chi connectivity index (χ4n) is 1.43. The lowest BCUT2D eigenvalue weighted by molar-refractivity contribution is 0.159. The Hall–Kier alpha value is 0.490. The molecule has 4 nitrogen and oxygen atoms in total. The predicted molar refractivity (Wildman–Crippen MR) is 75.9 cm³/mol. The first-order chi connectivity index (χ1) is 8.11. The second kappa shape index (κ2) is 10.4. The van der Waals surface area contributed by atoms with E-state index in [0.717, 1.165) is 26.1 Å². The van der Waals surface area contributed by atoms with E-state index < -0.39 is 6.72 Å². The van der Waals surface area contributed by atoms with Crippen molar-refractivity contribution in [3.05, 3.63) is 0 Å². The average molecular weight is 283 g/mol. The highest BCUT2D eigenvalue weighted by Crippen LogP contribution is 2.49. The van der Waals surface area contributed by atoms with Gasteiger partial charge in [-0.05, 0) is 45.2 Å². The zero-order valence-corrected chi connectivity index (χ0v) is 13.2. The number of hydrogen-bond acceptors (Lipinski definition) is 5. The van der Waals surface area contributed by atoms with Crippen LogP contribution in [-0.2, 0) is 25.4 Å². The highest BCUT2D eigenvalue weighted by atomic mass is 32.5. The van der Waals surface area contributed by atoms with Crippen LogP contribution in [0.25, 0.3) is 0 Å². The van der Waals surface area contributed by atoms with Crippen LogP contribution >= 0.6 is 6.72 Å². The molecule has 0 N–H and O–H groups in total. The van der Waals surface area contributed by atoms with E-state index in [1.165, 1.54) is 0 Å². The summed E-state index contributed by atoms with van der Waals surface area (Å²) < 4.78 is 16.4. The van der Waals surface area contributed by atoms with Crippen LogP contribution in [0.1, 0.15) is 34.1 Å². The molecular weight excluding hydrogens is 257 g/mol. The first-order valence-corrected chi connectivity index (χ1v) is 8.93. The van der Waals surface area contributed by atoms with Gasteiger partial charge >= 0.3 is 6.72 Å². The summed E-state index contributed by atoms with van der Waals surface area (Å²) in [5.74, 6) is 0. The molecule has 0 fully saturated rings. The summed E-state index contributed by atoms with van der Waals surface area (Å²) in [7, 11) is 0. The van der Waals surface area contributed by atoms with Gasteiger partial charge in [0.15, 0.2) is 0 Å². The largest absolute Gasteiger partial charge is 0.327 e. The van der Waals surface area contributed by atoms with Crippen molar-refractivity contribution in [1.29, 1.82) is 0 Å². The Morgan fingerprint density at radius 1 is 0.941 bits per heavy atom. The maximum absolute atomic E-state index is 5.60. The minimum absolute atomic E-state index is 0.535. The number of nitrogens with zero attached hydrogens (tertiary/aromatic N) is 1. The molecule has 6 heteroatoms. The van der Waals surface area contributed by atoms with Gasteiger partial charge in [-0.25, -0.2) is 0 Å². The number of rotatable bonds is 11. The van der Waals surface area contributed by atoms with Crippen molar-refractivity contribution in [3.8, 4) is 0 Å². The molecule has 0 radical (unpaired) electrons. The molecule has 0 aromatic heterocycles. The van der Waals surface area contributed by atoms with E-state index in [1.807, 2.05) is 13.8 Å². The summed E-state index contributed by atoms with van der Waals surface area (Å²) in [5.41, 5.74) is 0. The monoisotopic (exact) mass is 283 g/mol. The normalized spacial score (nSPS) is 12.3. The Bertz CT molecular complexity index is 215. The molecule has 0 unspecified atom stereocenters. The van der Waals surface area contributed by atoms with Crippen molar-refractivity contribution in [2.24, 2.45) is 0 Å². The molecule has 0 aliphatic rings. The topological polar surface area (TPSA) is 30.9 Å². The van der Waals surface area contributed by atoms with Crippen LogP contribution < -0.4 is 0 Å². The predicted octanol–water partition coefficient (Wildman–Crippen LogP) is 3.03. The minimum atomic E-state index is -2.48. The van der Waals surface area contributed by atoms with Gasteiger partial charge in [-0.2, -0.15) is 0 Å². The fourth-order valence-corrected chi connectivity index (χ4v) is 3.50. The van der Waals surface area contributed by atoms with Gasteiger partial charge in [-0.15, -0.1) is 0 Å². The van der Waals surface area contributed by atoms with E-state index in [4.69, 9.17) is 25.4 Å². The highest BCUT2D eigenvalue weighted by molar-refractivity contribution is 8.07. The third kappa shape index (κ3) is 8.25. The van der Waals surface area contributed by atoms with Gasteiger partial charge < -0.3 is 18.5 Å². The Labute approximate surface area is 111 Å². The van der Waals surface area contributed by atoms with Crippen LogP contribution in [0.5, 0.6) is 0 Å². The van der Waals surface area contributed by atoms with Crippen molar-refractivity contribution in [1.82, 2.24) is 4.90 Å². The fraction of sp³-hybridized carbons (Fsp3) is 1.00. The zero-order valence-electron chi connectivity index (χ0n) is 11.5. The Balaban J connectivity index is 3.86. The maximum atomic E-state index is 5.60. The molecule has 0 aromatic rings. The molecule has 104 valence electrons. The van der Waals surface area contributed by atoms with Gasteiger partial charge in [0.1, 0.15) is 0 Å². The van der Waals surface area contributed by atoms with E-state index in [0.29, 0.717) is 19.8 Å². The first-order valence-electron chi connectivity index (χ1n) is 6.37. The summed E-state index contributed by atoms with van der Waals surface area (Å²) in [6.45, 7) is 10.5. The molecule has 0 atom stereocenters. The lowest BCUT2D eigenvalue weighted by Gasteiger charge is -2.22. The summed E-state index contributed by atoms with van der Waals surface area (Å²) in [6, 6.07) is 0. The Kier molecular flexibility index (Phi) is 10.7. The second-order valence-electron chi connectivity index (χ2n) is 3.50. The molecule has 0 aliphatic carbocycles. The van der Waals surface area contributed by atoms with Gasteiger partial charge in [0.2, 0.25) is 0 Å². The Morgan fingerprint density at radius 3 is 1.88 bits per heavy atom. The molecule has 0 spiro atoms. The summed E-state index contributed by atoms with van der Waals surface area (Å²) in [4.78, 5) is 2.36. The van der Waals surface area contributed by atoms with E-state index in [-0.39, 0.29) is 0 Å². The van der Waals surface area contributed by atoms with E-state index in [2.05, 4.69) is 18.7 Å². The molecule has 17 heavy (non-hydrogen) atoms. The lowest BCUT2D eigenvalue weighted by Crippen LogP contribution is -2.24. The van der Waals surface area contributed by atoms with Crippen molar-refractivity contribution in [3.63, 3.8) is 0 Å². The lowest BCUT2D eigenvalue weighted by atomic mass is 10.4. The maximum Gasteiger partial charge on any atom is 0.327 e. The summed E-state index contributed by atoms with van der Waals surface area (Å²) in [6.07, 6.45) is 0.959. The van der Waals surface area contributed by atoms with E-state index in [1.54, 1.807) is 0 Å². The van der Waals surface area contributed by atoms with Crippen LogP contribution in [0.3, 0.4) is 0 Å². The van der Waals surface area contributed by atoms with E-state index >= 15 is 0 Å². The van der Waals surface area contributed by atoms with Crippen LogP contribution in [0, 0.1) is 0 Å². The van der Waals surface area contributed by atoms with Gasteiger partial charge in [-0.1, -0.05) is 13.8 Å². The van der Waals surface area contributed by atoms with Gasteiger partial charge in [0, 0.05) is 6.54 Å². The molecular formula is C11H26NO3PS. The molecule has 0 saturated heterocycles. The molecule has 0 rings (SSSR count). The minimum Gasteiger partial charge on any atom is -0.309 e. The standard InChI is InChI=1S/C11H26NO3PS/c1-5-12(6-2)10-9-11-15-16(17,13-7-3)14-8-4/h5-11H2,1-4H3. The first kappa shape index (κ1) is 17.5. The summed E-state index contributed by atoms with van der Waals surface area (Å²) in [5, 5.41) is 0. The highest BCUT2D eigenvalue weighted by Gasteiger charge is 2.18. The third-order valence-corrected chi connectivity index (χ3v) is 4.93. The van der Waals surface area contributed by atoms with Crippen LogP contribution in [0.2, 0.25) is 0 Å². The molecule has 0 aliphatic heterocycles. The van der Waals surface area contributed by atoms with E-state index in [9.17, 15) is 0 Å². The van der Waals surface area contributed by atoms with Crippen molar-refractivity contribution in [2.75, 3.05) is 39.5 Å². The Morgan fingerprint density at radius 2 is 1.47 bits per heavy atom. The van der Waals surface area contributed by atoms with Crippen LogP contribution in [0.4, 0.5) is 0 Å². The molecule has 0 amide bonds. The van der Waals surface area contributed by atoms with Crippen molar-refractivity contribution in [2.45, 2.75) is 34.1 Å².